The molecule has 0 aromatic rings. The van der Waals surface area contributed by atoms with Crippen LogP contribution in [0.3, 0.4) is 0 Å². The second-order valence-corrected chi connectivity index (χ2v) is 9.11. The van der Waals surface area contributed by atoms with Crippen molar-refractivity contribution >= 4 is 17.8 Å². The molecule has 0 bridgehead atoms. The number of amides is 2. The number of aliphatic hydroxyl groups is 1. The quantitative estimate of drug-likeness (QED) is 0.327. The molecule has 0 aromatic heterocycles. The predicted octanol–water partition coefficient (Wildman–Crippen LogP) is 1.43. The van der Waals surface area contributed by atoms with Crippen molar-refractivity contribution in [2.24, 2.45) is 11.8 Å². The van der Waals surface area contributed by atoms with E-state index in [1.807, 2.05) is 12.2 Å². The number of hydrogen-bond donors (Lipinski definition) is 1. The van der Waals surface area contributed by atoms with E-state index >= 15 is 0 Å². The summed E-state index contributed by atoms with van der Waals surface area (Å²) in [4.78, 5) is 43.8. The summed E-state index contributed by atoms with van der Waals surface area (Å²) in [6.45, 7) is 3.93. The van der Waals surface area contributed by atoms with Gasteiger partial charge in [0.25, 0.3) is 0 Å². The van der Waals surface area contributed by atoms with Gasteiger partial charge in [0.15, 0.2) is 0 Å². The number of nitrogens with zero attached hydrogens (tertiary/aromatic N) is 2. The Bertz CT molecular complexity index is 795. The lowest BCUT2D eigenvalue weighted by molar-refractivity contribution is -0.153. The molecule has 2 fully saturated rings. The van der Waals surface area contributed by atoms with Crippen LogP contribution in [-0.2, 0) is 23.9 Å². The third kappa shape index (κ3) is 3.88. The van der Waals surface area contributed by atoms with Gasteiger partial charge in [-0.25, -0.2) is 0 Å². The van der Waals surface area contributed by atoms with Crippen molar-refractivity contribution < 1.29 is 29.0 Å². The third-order valence-electron chi connectivity index (χ3n) is 7.09. The summed E-state index contributed by atoms with van der Waals surface area (Å²) in [5.74, 6) is -2.26. The van der Waals surface area contributed by atoms with Gasteiger partial charge in [0.05, 0.1) is 12.0 Å². The average molecular weight is 447 g/mol. The maximum Gasteiger partial charge on any atom is 0.313 e. The first kappa shape index (κ1) is 23.0. The first-order valence-corrected chi connectivity index (χ1v) is 11.9. The topological polar surface area (TPSA) is 96.4 Å². The van der Waals surface area contributed by atoms with Crippen LogP contribution in [0, 0.1) is 11.8 Å². The van der Waals surface area contributed by atoms with Crippen molar-refractivity contribution in [2.75, 3.05) is 32.8 Å². The number of esters is 1. The lowest BCUT2D eigenvalue weighted by Crippen LogP contribution is -2.55. The maximum absolute atomic E-state index is 13.8. The van der Waals surface area contributed by atoms with Gasteiger partial charge in [-0.2, -0.15) is 0 Å². The van der Waals surface area contributed by atoms with E-state index in [1.54, 1.807) is 22.0 Å². The Morgan fingerprint density at radius 2 is 1.88 bits per heavy atom. The molecule has 0 aliphatic carbocycles. The minimum atomic E-state index is -1.16. The number of carbonyl (C=O) groups is 3. The number of likely N-dealkylation sites (tertiary alicyclic amines) is 1. The van der Waals surface area contributed by atoms with Crippen molar-refractivity contribution in [3.63, 3.8) is 0 Å². The second kappa shape index (κ2) is 9.75. The van der Waals surface area contributed by atoms with Crippen LogP contribution in [0.2, 0.25) is 0 Å². The van der Waals surface area contributed by atoms with Crippen LogP contribution < -0.4 is 0 Å². The highest BCUT2D eigenvalue weighted by Gasteiger charge is 2.71. The summed E-state index contributed by atoms with van der Waals surface area (Å²) in [5, 5.41) is 9.02. The molecule has 2 saturated heterocycles. The zero-order valence-corrected chi connectivity index (χ0v) is 18.8. The van der Waals surface area contributed by atoms with Gasteiger partial charge in [-0.05, 0) is 25.3 Å². The van der Waals surface area contributed by atoms with Crippen LogP contribution in [0.1, 0.15) is 45.4 Å². The predicted molar refractivity (Wildman–Crippen MR) is 116 cm³/mol. The van der Waals surface area contributed by atoms with Crippen molar-refractivity contribution in [2.45, 2.75) is 63.2 Å². The molecule has 1 N–H and O–H groups in total. The zero-order chi connectivity index (χ0) is 22.7. The van der Waals surface area contributed by atoms with E-state index in [0.29, 0.717) is 19.6 Å². The van der Waals surface area contributed by atoms with E-state index in [1.165, 1.54) is 0 Å². The summed E-state index contributed by atoms with van der Waals surface area (Å²) in [6, 6.07) is -0.776. The number of cyclic esters (lactones) is 1. The first-order valence-electron chi connectivity index (χ1n) is 11.9. The molecule has 1 unspecified atom stereocenters. The first-order chi connectivity index (χ1) is 15.5. The van der Waals surface area contributed by atoms with Crippen LogP contribution in [0.4, 0.5) is 0 Å². The Balaban J connectivity index is 1.67. The van der Waals surface area contributed by atoms with Gasteiger partial charge in [0, 0.05) is 26.2 Å². The summed E-state index contributed by atoms with van der Waals surface area (Å²) in [7, 11) is 0. The zero-order valence-electron chi connectivity index (χ0n) is 18.8. The smallest absolute Gasteiger partial charge is 0.313 e. The van der Waals surface area contributed by atoms with Gasteiger partial charge in [-0.3, -0.25) is 14.4 Å². The monoisotopic (exact) mass is 446 g/mol. The van der Waals surface area contributed by atoms with Gasteiger partial charge in [0.2, 0.25) is 11.8 Å². The molecule has 32 heavy (non-hydrogen) atoms. The van der Waals surface area contributed by atoms with Crippen molar-refractivity contribution in [1.82, 2.24) is 9.80 Å². The molecular formula is C24H34N2O6. The normalized spacial score (nSPS) is 33.6. The molecule has 0 saturated carbocycles. The van der Waals surface area contributed by atoms with Gasteiger partial charge < -0.3 is 24.4 Å². The highest BCUT2D eigenvalue weighted by atomic mass is 16.6. The van der Waals surface area contributed by atoms with Crippen molar-refractivity contribution in [3.05, 3.63) is 24.3 Å². The Morgan fingerprint density at radius 1 is 1.06 bits per heavy atom. The van der Waals surface area contributed by atoms with Crippen LogP contribution in [0.15, 0.2) is 24.3 Å². The Hall–Kier alpha value is -2.19. The number of carbonyl (C=O) groups excluding carboxylic acids is 3. The van der Waals surface area contributed by atoms with Gasteiger partial charge in [0.1, 0.15) is 24.2 Å². The van der Waals surface area contributed by atoms with Gasteiger partial charge in [-0.1, -0.05) is 44.4 Å². The van der Waals surface area contributed by atoms with E-state index in [9.17, 15) is 14.4 Å². The highest BCUT2D eigenvalue weighted by Crippen LogP contribution is 2.53. The number of aliphatic hydroxyl groups excluding tert-OH is 1. The molecule has 4 heterocycles. The fourth-order valence-electron chi connectivity index (χ4n) is 5.55. The minimum absolute atomic E-state index is 0.108. The van der Waals surface area contributed by atoms with E-state index in [0.717, 1.165) is 38.5 Å². The van der Waals surface area contributed by atoms with Crippen molar-refractivity contribution in [3.8, 4) is 0 Å². The molecule has 5 atom stereocenters. The summed E-state index contributed by atoms with van der Waals surface area (Å²) >= 11 is 0. The molecule has 176 valence electrons. The lowest BCUT2D eigenvalue weighted by atomic mass is 9.78. The molecular weight excluding hydrogens is 412 g/mol. The second-order valence-electron chi connectivity index (χ2n) is 9.11. The Kier molecular flexibility index (Phi) is 7.00. The molecule has 4 aliphatic rings. The van der Waals surface area contributed by atoms with E-state index in [-0.39, 0.29) is 25.0 Å². The Labute approximate surface area is 189 Å². The minimum Gasteiger partial charge on any atom is -0.461 e. The third-order valence-corrected chi connectivity index (χ3v) is 7.09. The Morgan fingerprint density at radius 3 is 2.66 bits per heavy atom. The number of ether oxygens (including phenoxy) is 2. The fourth-order valence-corrected chi connectivity index (χ4v) is 5.55. The van der Waals surface area contributed by atoms with Crippen molar-refractivity contribution in [1.29, 1.82) is 0 Å². The molecule has 4 aliphatic heterocycles. The van der Waals surface area contributed by atoms with Crippen LogP contribution in [0.25, 0.3) is 0 Å². The van der Waals surface area contributed by atoms with Crippen LogP contribution in [-0.4, -0.2) is 83.3 Å². The largest absolute Gasteiger partial charge is 0.461 e. The molecule has 4 rings (SSSR count). The van der Waals surface area contributed by atoms with Gasteiger partial charge in [-0.15, -0.1) is 0 Å². The lowest BCUT2D eigenvalue weighted by Gasteiger charge is -2.35. The van der Waals surface area contributed by atoms with Gasteiger partial charge >= 0.3 is 5.97 Å². The molecule has 2 amide bonds. The fraction of sp³-hybridized carbons (Fsp3) is 0.708. The maximum atomic E-state index is 13.8. The molecule has 0 radical (unpaired) electrons. The SMILES string of the molecule is CCCCN1CC=C[C@]23O[C@@H]4C=CCOC(=O)[C@@H]4[C@H]2C(=O)N(CCCCCCO)C3C1=O. The van der Waals surface area contributed by atoms with E-state index in [2.05, 4.69) is 6.92 Å². The molecule has 8 nitrogen and oxygen atoms in total. The molecule has 0 aromatic carbocycles. The standard InChI is InChI=1S/C24H34N2O6/c1-2-3-12-25-13-9-11-24-19(18-17(32-24)10-8-16-31-23(18)30)21(28)26(20(24)22(25)29)14-6-4-5-7-15-27/h8-11,17-20,27H,2-7,12-16H2,1H3/t17-,18+,19+,20?,24+/m1/s1. The number of fused-ring (bicyclic) bond motifs is 2. The highest BCUT2D eigenvalue weighted by molar-refractivity contribution is 5.99. The van der Waals surface area contributed by atoms with Crippen LogP contribution in [0.5, 0.6) is 0 Å². The molecule has 1 spiro atoms. The van der Waals surface area contributed by atoms with E-state index < -0.39 is 35.6 Å². The number of rotatable bonds is 9. The molecule has 8 heteroatoms. The number of hydrogen-bond acceptors (Lipinski definition) is 6. The number of unbranched alkanes of at least 4 members (excludes halogenated alkanes) is 4. The summed E-state index contributed by atoms with van der Waals surface area (Å²) < 4.78 is 11.8. The summed E-state index contributed by atoms with van der Waals surface area (Å²) in [5.41, 5.74) is -1.16. The average Bonchev–Trinajstić information content (AvgIpc) is 3.08. The van der Waals surface area contributed by atoms with Crippen LogP contribution >= 0.6 is 0 Å². The summed E-state index contributed by atoms with van der Waals surface area (Å²) in [6.07, 6.45) is 11.8. The van der Waals surface area contributed by atoms with E-state index in [4.69, 9.17) is 14.6 Å².